The predicted octanol–water partition coefficient (Wildman–Crippen LogP) is 4.94. The molecule has 0 aliphatic rings. The largest absolute Gasteiger partial charge is 0.481 e. The Balaban J connectivity index is 2.17. The molecule has 0 bridgehead atoms. The highest BCUT2D eigenvalue weighted by Gasteiger charge is 2.18. The van der Waals surface area contributed by atoms with Crippen molar-refractivity contribution in [1.82, 2.24) is 0 Å². The highest BCUT2D eigenvalue weighted by Crippen LogP contribution is 2.25. The van der Waals surface area contributed by atoms with Crippen molar-refractivity contribution in [1.29, 1.82) is 0 Å². The molecule has 2 aromatic rings. The molecular weight excluding hydrogens is 298 g/mol. The van der Waals surface area contributed by atoms with Gasteiger partial charge in [0.15, 0.2) is 6.10 Å². The summed E-state index contributed by atoms with van der Waals surface area (Å²) in [5, 5.41) is 3.01. The molecule has 1 N–H and O–H groups in total. The van der Waals surface area contributed by atoms with E-state index in [-0.39, 0.29) is 5.91 Å². The van der Waals surface area contributed by atoms with Crippen LogP contribution in [0.3, 0.4) is 0 Å². The van der Waals surface area contributed by atoms with Crippen molar-refractivity contribution in [3.8, 4) is 5.75 Å². The first kappa shape index (κ1) is 18.1. The number of carbonyl (C=O) groups excluding carboxylic acids is 1. The Kier molecular flexibility index (Phi) is 5.33. The van der Waals surface area contributed by atoms with Crippen molar-refractivity contribution in [2.24, 2.45) is 0 Å². The van der Waals surface area contributed by atoms with Gasteiger partial charge in [-0.05, 0) is 82.3 Å². The molecule has 0 aromatic heterocycles. The van der Waals surface area contributed by atoms with Crippen LogP contribution >= 0.6 is 0 Å². The Labute approximate surface area is 145 Å². The monoisotopic (exact) mass is 325 g/mol. The Morgan fingerprint density at radius 2 is 1.38 bits per heavy atom. The SMILES string of the molecule is Cc1cc(C)c(NC(=O)[C@@H](C)Oc2cc(C)cc(C)c2C)c(C)c1. The summed E-state index contributed by atoms with van der Waals surface area (Å²) < 4.78 is 5.93. The third-order valence-electron chi connectivity index (χ3n) is 4.36. The lowest BCUT2D eigenvalue weighted by Crippen LogP contribution is -2.31. The molecule has 1 atom stereocenters. The molecule has 0 saturated heterocycles. The summed E-state index contributed by atoms with van der Waals surface area (Å²) in [6.07, 6.45) is -0.565. The topological polar surface area (TPSA) is 38.3 Å². The van der Waals surface area contributed by atoms with Gasteiger partial charge in [-0.1, -0.05) is 23.8 Å². The normalized spacial score (nSPS) is 12.0. The van der Waals surface area contributed by atoms with Crippen molar-refractivity contribution in [3.63, 3.8) is 0 Å². The van der Waals surface area contributed by atoms with Crippen molar-refractivity contribution in [2.45, 2.75) is 54.6 Å². The standard InChI is InChI=1S/C21H27NO2/c1-12-9-15(4)20(16(5)10-12)22-21(23)18(7)24-19-11-13(2)8-14(3)17(19)6/h8-11,18H,1-7H3,(H,22,23)/t18-/m1/s1. The average molecular weight is 325 g/mol. The number of ether oxygens (including phenoxy) is 1. The molecule has 0 unspecified atom stereocenters. The van der Waals surface area contributed by atoms with Gasteiger partial charge in [-0.15, -0.1) is 0 Å². The molecule has 2 aromatic carbocycles. The van der Waals surface area contributed by atoms with Crippen LogP contribution in [0.2, 0.25) is 0 Å². The number of aryl methyl sites for hydroxylation is 5. The summed E-state index contributed by atoms with van der Waals surface area (Å²) in [5.74, 6) is 0.635. The van der Waals surface area contributed by atoms with Crippen molar-refractivity contribution in [3.05, 3.63) is 57.6 Å². The molecule has 0 spiro atoms. The van der Waals surface area contributed by atoms with Crippen LogP contribution in [-0.4, -0.2) is 12.0 Å². The molecule has 0 aliphatic carbocycles. The molecule has 3 heteroatoms. The molecule has 0 fully saturated rings. The number of benzene rings is 2. The van der Waals surface area contributed by atoms with Gasteiger partial charge in [0, 0.05) is 5.69 Å². The number of rotatable bonds is 4. The van der Waals surface area contributed by atoms with E-state index < -0.39 is 6.10 Å². The van der Waals surface area contributed by atoms with Crippen LogP contribution in [-0.2, 0) is 4.79 Å². The number of anilines is 1. The third-order valence-corrected chi connectivity index (χ3v) is 4.36. The summed E-state index contributed by atoms with van der Waals surface area (Å²) in [5.41, 5.74) is 7.57. The highest BCUT2D eigenvalue weighted by atomic mass is 16.5. The van der Waals surface area contributed by atoms with Gasteiger partial charge in [-0.3, -0.25) is 4.79 Å². The minimum Gasteiger partial charge on any atom is -0.481 e. The zero-order valence-electron chi connectivity index (χ0n) is 15.7. The number of nitrogens with one attached hydrogen (secondary N) is 1. The fourth-order valence-electron chi connectivity index (χ4n) is 2.97. The minimum atomic E-state index is -0.565. The molecule has 0 heterocycles. The number of hydrogen-bond donors (Lipinski definition) is 1. The number of amides is 1. The quantitative estimate of drug-likeness (QED) is 0.864. The summed E-state index contributed by atoms with van der Waals surface area (Å²) in [6, 6.07) is 8.24. The van der Waals surface area contributed by atoms with Crippen LogP contribution in [0.25, 0.3) is 0 Å². The molecule has 2 rings (SSSR count). The molecule has 0 saturated carbocycles. The second-order valence-corrected chi connectivity index (χ2v) is 6.73. The maximum atomic E-state index is 12.6. The first-order chi connectivity index (χ1) is 11.2. The minimum absolute atomic E-state index is 0.136. The van der Waals surface area contributed by atoms with E-state index >= 15 is 0 Å². The van der Waals surface area contributed by atoms with Gasteiger partial charge in [-0.25, -0.2) is 0 Å². The van der Waals surface area contributed by atoms with Gasteiger partial charge in [0.2, 0.25) is 0 Å². The number of carbonyl (C=O) groups is 1. The first-order valence-electron chi connectivity index (χ1n) is 8.32. The first-order valence-corrected chi connectivity index (χ1v) is 8.32. The van der Waals surface area contributed by atoms with E-state index in [4.69, 9.17) is 4.74 Å². The number of hydrogen-bond acceptors (Lipinski definition) is 2. The average Bonchev–Trinajstić information content (AvgIpc) is 2.47. The van der Waals surface area contributed by atoms with E-state index in [2.05, 4.69) is 37.4 Å². The fraction of sp³-hybridized carbons (Fsp3) is 0.381. The molecule has 24 heavy (non-hydrogen) atoms. The summed E-state index contributed by atoms with van der Waals surface area (Å²) >= 11 is 0. The van der Waals surface area contributed by atoms with Crippen molar-refractivity contribution in [2.75, 3.05) is 5.32 Å². The van der Waals surface area contributed by atoms with E-state index in [9.17, 15) is 4.79 Å². The third kappa shape index (κ3) is 3.97. The van der Waals surface area contributed by atoms with Crippen LogP contribution in [0, 0.1) is 41.5 Å². The Morgan fingerprint density at radius 3 is 1.96 bits per heavy atom. The van der Waals surface area contributed by atoms with E-state index in [0.717, 1.165) is 33.7 Å². The zero-order valence-corrected chi connectivity index (χ0v) is 15.7. The van der Waals surface area contributed by atoms with Crippen molar-refractivity contribution >= 4 is 11.6 Å². The van der Waals surface area contributed by atoms with Crippen molar-refractivity contribution < 1.29 is 9.53 Å². The van der Waals surface area contributed by atoms with E-state index in [1.165, 1.54) is 11.1 Å². The molecule has 128 valence electrons. The van der Waals surface area contributed by atoms with E-state index in [1.807, 2.05) is 33.8 Å². The van der Waals surface area contributed by atoms with Crippen LogP contribution in [0.1, 0.15) is 40.3 Å². The maximum absolute atomic E-state index is 12.6. The Morgan fingerprint density at radius 1 is 0.875 bits per heavy atom. The predicted molar refractivity (Wildman–Crippen MR) is 100 cm³/mol. The molecule has 0 aliphatic heterocycles. The summed E-state index contributed by atoms with van der Waals surface area (Å²) in [4.78, 5) is 12.6. The summed E-state index contributed by atoms with van der Waals surface area (Å²) in [7, 11) is 0. The van der Waals surface area contributed by atoms with Crippen LogP contribution in [0.15, 0.2) is 24.3 Å². The van der Waals surface area contributed by atoms with E-state index in [1.54, 1.807) is 6.92 Å². The van der Waals surface area contributed by atoms with Gasteiger partial charge in [-0.2, -0.15) is 0 Å². The zero-order chi connectivity index (χ0) is 18.0. The maximum Gasteiger partial charge on any atom is 0.265 e. The highest BCUT2D eigenvalue weighted by molar-refractivity contribution is 5.95. The fourth-order valence-corrected chi connectivity index (χ4v) is 2.97. The Hall–Kier alpha value is -2.29. The second kappa shape index (κ2) is 7.08. The molecule has 0 radical (unpaired) electrons. The lowest BCUT2D eigenvalue weighted by atomic mass is 10.0. The second-order valence-electron chi connectivity index (χ2n) is 6.73. The van der Waals surface area contributed by atoms with Crippen LogP contribution in [0.5, 0.6) is 5.75 Å². The van der Waals surface area contributed by atoms with Gasteiger partial charge < -0.3 is 10.1 Å². The van der Waals surface area contributed by atoms with Crippen LogP contribution < -0.4 is 10.1 Å². The van der Waals surface area contributed by atoms with Gasteiger partial charge in [0.05, 0.1) is 0 Å². The molecule has 1 amide bonds. The van der Waals surface area contributed by atoms with Crippen LogP contribution in [0.4, 0.5) is 5.69 Å². The lowest BCUT2D eigenvalue weighted by Gasteiger charge is -2.19. The van der Waals surface area contributed by atoms with Gasteiger partial charge >= 0.3 is 0 Å². The lowest BCUT2D eigenvalue weighted by molar-refractivity contribution is -0.122. The smallest absolute Gasteiger partial charge is 0.265 e. The summed E-state index contributed by atoms with van der Waals surface area (Å²) in [6.45, 7) is 14.0. The van der Waals surface area contributed by atoms with Gasteiger partial charge in [0.1, 0.15) is 5.75 Å². The van der Waals surface area contributed by atoms with Gasteiger partial charge in [0.25, 0.3) is 5.91 Å². The van der Waals surface area contributed by atoms with E-state index in [0.29, 0.717) is 0 Å². The molecular formula is C21H27NO2. The Bertz CT molecular complexity index is 755. The molecule has 3 nitrogen and oxygen atoms in total.